The Bertz CT molecular complexity index is 724. The van der Waals surface area contributed by atoms with Crippen molar-refractivity contribution in [3.63, 3.8) is 0 Å². The van der Waals surface area contributed by atoms with Crippen LogP contribution < -0.4 is 5.32 Å². The Hall–Kier alpha value is -2.73. The Labute approximate surface area is 130 Å². The molecule has 2 aromatic rings. The predicted molar refractivity (Wildman–Crippen MR) is 76.9 cm³/mol. The minimum atomic E-state index is -1.25. The normalized spacial score (nSPS) is 17.3. The van der Waals surface area contributed by atoms with E-state index in [1.54, 1.807) is 30.3 Å². The number of carbonyl (C=O) groups excluding carboxylic acids is 2. The quantitative estimate of drug-likeness (QED) is 0.873. The van der Waals surface area contributed by atoms with E-state index in [1.807, 2.05) is 6.07 Å². The SMILES string of the molecule is O=C1O[C@@H](OC(=O)c2ccco2)C(Nc2ccccc2)=C1Cl. The topological polar surface area (TPSA) is 77.8 Å². The van der Waals surface area contributed by atoms with Gasteiger partial charge in [-0.2, -0.15) is 0 Å². The smallest absolute Gasteiger partial charge is 0.377 e. The molecular weight excluding hydrogens is 310 g/mol. The van der Waals surface area contributed by atoms with Crippen molar-refractivity contribution >= 4 is 29.2 Å². The molecular formula is C15H10ClNO5. The first kappa shape index (κ1) is 14.2. The van der Waals surface area contributed by atoms with Crippen LogP contribution in [-0.2, 0) is 14.3 Å². The highest BCUT2D eigenvalue weighted by atomic mass is 35.5. The zero-order valence-corrected chi connectivity index (χ0v) is 11.9. The van der Waals surface area contributed by atoms with Gasteiger partial charge in [-0.15, -0.1) is 0 Å². The number of hydrogen-bond donors (Lipinski definition) is 1. The van der Waals surface area contributed by atoms with Crippen LogP contribution >= 0.6 is 11.6 Å². The Balaban J connectivity index is 1.79. The maximum atomic E-state index is 11.9. The highest BCUT2D eigenvalue weighted by molar-refractivity contribution is 6.42. The van der Waals surface area contributed by atoms with Crippen molar-refractivity contribution in [2.75, 3.05) is 5.32 Å². The third-order valence-corrected chi connectivity index (χ3v) is 3.21. The van der Waals surface area contributed by atoms with Crippen LogP contribution in [0.2, 0.25) is 0 Å². The molecule has 3 rings (SSSR count). The van der Waals surface area contributed by atoms with E-state index in [2.05, 4.69) is 5.32 Å². The molecule has 1 N–H and O–H groups in total. The van der Waals surface area contributed by atoms with Gasteiger partial charge in [0.05, 0.1) is 6.26 Å². The molecule has 1 aliphatic rings. The van der Waals surface area contributed by atoms with Crippen LogP contribution in [0.1, 0.15) is 10.6 Å². The number of para-hydroxylation sites is 1. The highest BCUT2D eigenvalue weighted by Crippen LogP contribution is 2.28. The molecule has 0 fully saturated rings. The van der Waals surface area contributed by atoms with Crippen molar-refractivity contribution < 1.29 is 23.5 Å². The average Bonchev–Trinajstić information content (AvgIpc) is 3.14. The lowest BCUT2D eigenvalue weighted by atomic mass is 10.3. The molecule has 0 unspecified atom stereocenters. The fourth-order valence-corrected chi connectivity index (χ4v) is 2.03. The first-order valence-electron chi connectivity index (χ1n) is 6.32. The number of benzene rings is 1. The molecule has 1 atom stereocenters. The van der Waals surface area contributed by atoms with Crippen molar-refractivity contribution in [3.8, 4) is 0 Å². The Morgan fingerprint density at radius 2 is 1.95 bits per heavy atom. The lowest BCUT2D eigenvalue weighted by Gasteiger charge is -2.15. The summed E-state index contributed by atoms with van der Waals surface area (Å²) in [5.41, 5.74) is 0.839. The van der Waals surface area contributed by atoms with E-state index in [4.69, 9.17) is 25.5 Å². The molecule has 1 aromatic heterocycles. The van der Waals surface area contributed by atoms with Crippen molar-refractivity contribution in [2.24, 2.45) is 0 Å². The molecule has 0 saturated heterocycles. The number of nitrogens with one attached hydrogen (secondary N) is 1. The summed E-state index contributed by atoms with van der Waals surface area (Å²) in [7, 11) is 0. The predicted octanol–water partition coefficient (Wildman–Crippen LogP) is 2.88. The fourth-order valence-electron chi connectivity index (χ4n) is 1.85. The zero-order chi connectivity index (χ0) is 15.5. The number of ether oxygens (including phenoxy) is 2. The minimum Gasteiger partial charge on any atom is -0.457 e. The standard InChI is InChI=1S/C15H10ClNO5/c16-11-12(17-9-5-2-1-3-6-9)15(22-14(11)19)21-13(18)10-7-4-8-20-10/h1-8,15,17H/t15-/m1/s1. The lowest BCUT2D eigenvalue weighted by molar-refractivity contribution is -0.152. The number of furan rings is 1. The molecule has 112 valence electrons. The second kappa shape index (κ2) is 5.95. The first-order chi connectivity index (χ1) is 10.6. The fraction of sp³-hybridized carbons (Fsp3) is 0.0667. The summed E-state index contributed by atoms with van der Waals surface area (Å²) in [6, 6.07) is 12.0. The van der Waals surface area contributed by atoms with Gasteiger partial charge in [-0.1, -0.05) is 29.8 Å². The zero-order valence-electron chi connectivity index (χ0n) is 11.1. The Morgan fingerprint density at radius 1 is 1.18 bits per heavy atom. The van der Waals surface area contributed by atoms with Crippen LogP contribution in [0.15, 0.2) is 63.9 Å². The Morgan fingerprint density at radius 3 is 2.64 bits per heavy atom. The van der Waals surface area contributed by atoms with Crippen molar-refractivity contribution in [2.45, 2.75) is 6.29 Å². The number of rotatable bonds is 4. The average molecular weight is 320 g/mol. The number of carbonyl (C=O) groups is 2. The summed E-state index contributed by atoms with van der Waals surface area (Å²) < 4.78 is 15.0. The van der Waals surface area contributed by atoms with Gasteiger partial charge in [0.2, 0.25) is 5.76 Å². The highest BCUT2D eigenvalue weighted by Gasteiger charge is 2.37. The summed E-state index contributed by atoms with van der Waals surface area (Å²) >= 11 is 5.91. The molecule has 0 bridgehead atoms. The monoisotopic (exact) mass is 319 g/mol. The first-order valence-corrected chi connectivity index (χ1v) is 6.70. The third-order valence-electron chi connectivity index (χ3n) is 2.85. The maximum absolute atomic E-state index is 11.9. The van der Waals surface area contributed by atoms with E-state index in [1.165, 1.54) is 12.3 Å². The molecule has 0 aliphatic carbocycles. The second-order valence-corrected chi connectivity index (χ2v) is 4.72. The summed E-state index contributed by atoms with van der Waals surface area (Å²) in [4.78, 5) is 23.5. The maximum Gasteiger partial charge on any atom is 0.377 e. The van der Waals surface area contributed by atoms with Gasteiger partial charge in [0, 0.05) is 5.69 Å². The summed E-state index contributed by atoms with van der Waals surface area (Å²) in [5, 5.41) is 2.75. The number of anilines is 1. The van der Waals surface area contributed by atoms with E-state index >= 15 is 0 Å². The van der Waals surface area contributed by atoms with Crippen molar-refractivity contribution in [3.05, 3.63) is 65.2 Å². The summed E-state index contributed by atoms with van der Waals surface area (Å²) in [6.45, 7) is 0. The van der Waals surface area contributed by atoms with E-state index < -0.39 is 18.2 Å². The van der Waals surface area contributed by atoms with Crippen LogP contribution in [-0.4, -0.2) is 18.2 Å². The molecule has 0 saturated carbocycles. The van der Waals surface area contributed by atoms with E-state index in [0.29, 0.717) is 5.69 Å². The van der Waals surface area contributed by atoms with Gasteiger partial charge in [-0.3, -0.25) is 0 Å². The molecule has 0 amide bonds. The van der Waals surface area contributed by atoms with Crippen LogP contribution in [0.3, 0.4) is 0 Å². The molecule has 0 spiro atoms. The molecule has 0 radical (unpaired) electrons. The molecule has 1 aliphatic heterocycles. The van der Waals surface area contributed by atoms with Gasteiger partial charge in [0.25, 0.3) is 6.29 Å². The summed E-state index contributed by atoms with van der Waals surface area (Å²) in [5.74, 6) is -1.53. The second-order valence-electron chi connectivity index (χ2n) is 4.34. The lowest BCUT2D eigenvalue weighted by Crippen LogP contribution is -2.23. The number of hydrogen-bond acceptors (Lipinski definition) is 6. The largest absolute Gasteiger partial charge is 0.457 e. The van der Waals surface area contributed by atoms with Crippen LogP contribution in [0.25, 0.3) is 0 Å². The summed E-state index contributed by atoms with van der Waals surface area (Å²) in [6.07, 6.45) is 0.0845. The number of cyclic esters (lactones) is 1. The number of halogens is 1. The van der Waals surface area contributed by atoms with E-state index in [9.17, 15) is 9.59 Å². The van der Waals surface area contributed by atoms with E-state index in [-0.39, 0.29) is 16.5 Å². The van der Waals surface area contributed by atoms with Crippen molar-refractivity contribution in [1.82, 2.24) is 0 Å². The number of esters is 2. The van der Waals surface area contributed by atoms with Gasteiger partial charge >= 0.3 is 11.9 Å². The molecule has 6 nitrogen and oxygen atoms in total. The minimum absolute atomic E-state index is 0.00173. The molecule has 2 heterocycles. The third kappa shape index (κ3) is 2.82. The van der Waals surface area contributed by atoms with Crippen LogP contribution in [0, 0.1) is 0 Å². The molecule has 1 aromatic carbocycles. The molecule has 22 heavy (non-hydrogen) atoms. The van der Waals surface area contributed by atoms with Crippen LogP contribution in [0.4, 0.5) is 5.69 Å². The van der Waals surface area contributed by atoms with Gasteiger partial charge in [0.1, 0.15) is 5.70 Å². The van der Waals surface area contributed by atoms with Gasteiger partial charge in [0.15, 0.2) is 5.03 Å². The van der Waals surface area contributed by atoms with E-state index in [0.717, 1.165) is 0 Å². The molecule has 7 heteroatoms. The van der Waals surface area contributed by atoms with Crippen molar-refractivity contribution in [1.29, 1.82) is 0 Å². The van der Waals surface area contributed by atoms with Gasteiger partial charge < -0.3 is 19.2 Å². The van der Waals surface area contributed by atoms with Crippen LogP contribution in [0.5, 0.6) is 0 Å². The Kier molecular flexibility index (Phi) is 3.84. The van der Waals surface area contributed by atoms with Gasteiger partial charge in [-0.25, -0.2) is 9.59 Å². The van der Waals surface area contributed by atoms with Gasteiger partial charge in [-0.05, 0) is 24.3 Å².